The number of unbranched alkanes of at least 4 members (excludes halogenated alkanes) is 1. The fraction of sp³-hybridized carbons (Fsp3) is 0.867. The van der Waals surface area contributed by atoms with E-state index in [1.165, 1.54) is 0 Å². The van der Waals surface area contributed by atoms with Gasteiger partial charge in [0, 0.05) is 19.0 Å². The van der Waals surface area contributed by atoms with Gasteiger partial charge in [0.1, 0.15) is 0 Å². The molecule has 1 N–H and O–H groups in total. The highest BCUT2D eigenvalue weighted by atomic mass is 16.4. The van der Waals surface area contributed by atoms with Gasteiger partial charge in [-0.05, 0) is 32.1 Å². The SMILES string of the molecule is CCCCN(C(=O)CC1(C(=O)O)CCCC1)C1CC1. The molecule has 4 heteroatoms. The van der Waals surface area contributed by atoms with Crippen LogP contribution in [0.2, 0.25) is 0 Å². The predicted molar refractivity (Wildman–Crippen MR) is 72.8 cm³/mol. The number of hydrogen-bond acceptors (Lipinski definition) is 2. The van der Waals surface area contributed by atoms with Gasteiger partial charge in [-0.25, -0.2) is 0 Å². The summed E-state index contributed by atoms with van der Waals surface area (Å²) in [5, 5.41) is 9.45. The lowest BCUT2D eigenvalue weighted by Crippen LogP contribution is -2.40. The van der Waals surface area contributed by atoms with Gasteiger partial charge in [-0.3, -0.25) is 9.59 Å². The molecule has 0 radical (unpaired) electrons. The van der Waals surface area contributed by atoms with E-state index in [-0.39, 0.29) is 12.3 Å². The molecule has 0 spiro atoms. The molecule has 2 saturated carbocycles. The van der Waals surface area contributed by atoms with Crippen LogP contribution in [0.25, 0.3) is 0 Å². The molecule has 2 aliphatic carbocycles. The zero-order chi connectivity index (χ0) is 13.9. The first-order valence-corrected chi connectivity index (χ1v) is 7.62. The summed E-state index contributed by atoms with van der Waals surface area (Å²) in [5.74, 6) is -0.704. The predicted octanol–water partition coefficient (Wildman–Crippen LogP) is 2.81. The number of hydrogen-bond donors (Lipinski definition) is 1. The molecule has 4 nitrogen and oxygen atoms in total. The van der Waals surface area contributed by atoms with Crippen LogP contribution in [0.5, 0.6) is 0 Å². The Morgan fingerprint density at radius 3 is 2.37 bits per heavy atom. The second kappa shape index (κ2) is 5.93. The summed E-state index contributed by atoms with van der Waals surface area (Å²) in [6.45, 7) is 2.92. The van der Waals surface area contributed by atoms with Gasteiger partial charge in [0.15, 0.2) is 0 Å². The zero-order valence-corrected chi connectivity index (χ0v) is 11.9. The number of aliphatic carboxylic acids is 1. The van der Waals surface area contributed by atoms with Crippen LogP contribution in [0.3, 0.4) is 0 Å². The van der Waals surface area contributed by atoms with Crippen molar-refractivity contribution in [2.24, 2.45) is 5.41 Å². The topological polar surface area (TPSA) is 57.6 Å². The third-order valence-corrected chi connectivity index (χ3v) is 4.56. The molecule has 0 atom stereocenters. The number of rotatable bonds is 7. The lowest BCUT2D eigenvalue weighted by molar-refractivity contribution is -0.153. The van der Waals surface area contributed by atoms with Gasteiger partial charge < -0.3 is 10.0 Å². The van der Waals surface area contributed by atoms with Crippen molar-refractivity contribution in [1.82, 2.24) is 4.90 Å². The Morgan fingerprint density at radius 2 is 1.89 bits per heavy atom. The number of carbonyl (C=O) groups excluding carboxylic acids is 1. The van der Waals surface area contributed by atoms with Crippen molar-refractivity contribution in [2.75, 3.05) is 6.54 Å². The summed E-state index contributed by atoms with van der Waals surface area (Å²) in [5.41, 5.74) is -0.767. The highest BCUT2D eigenvalue weighted by molar-refractivity contribution is 5.85. The lowest BCUT2D eigenvalue weighted by Gasteiger charge is -2.28. The second-order valence-corrected chi connectivity index (χ2v) is 6.14. The maximum absolute atomic E-state index is 12.5. The third-order valence-electron chi connectivity index (χ3n) is 4.56. The Labute approximate surface area is 115 Å². The Bertz CT molecular complexity index is 343. The fourth-order valence-electron chi connectivity index (χ4n) is 3.13. The standard InChI is InChI=1S/C15H25NO3/c1-2-3-10-16(12-6-7-12)13(17)11-15(14(18)19)8-4-5-9-15/h12H,2-11H2,1H3,(H,18,19). The van der Waals surface area contributed by atoms with E-state index in [0.29, 0.717) is 18.9 Å². The summed E-state index contributed by atoms with van der Waals surface area (Å²) < 4.78 is 0. The lowest BCUT2D eigenvalue weighted by atomic mass is 9.82. The number of carbonyl (C=O) groups is 2. The number of carboxylic acids is 1. The minimum atomic E-state index is -0.774. The summed E-state index contributed by atoms with van der Waals surface area (Å²) >= 11 is 0. The van der Waals surface area contributed by atoms with Crippen LogP contribution in [-0.4, -0.2) is 34.5 Å². The van der Waals surface area contributed by atoms with Gasteiger partial charge in [-0.15, -0.1) is 0 Å². The molecule has 0 saturated heterocycles. The highest BCUT2D eigenvalue weighted by Gasteiger charge is 2.45. The summed E-state index contributed by atoms with van der Waals surface area (Å²) in [6.07, 6.45) is 7.70. The average Bonchev–Trinajstić information content (AvgIpc) is 3.09. The summed E-state index contributed by atoms with van der Waals surface area (Å²) in [7, 11) is 0. The van der Waals surface area contributed by atoms with Gasteiger partial charge >= 0.3 is 5.97 Å². The van der Waals surface area contributed by atoms with Crippen LogP contribution in [0.15, 0.2) is 0 Å². The van der Waals surface area contributed by atoms with Crippen LogP contribution in [0.4, 0.5) is 0 Å². The molecule has 0 aromatic carbocycles. The Kier molecular flexibility index (Phi) is 4.48. The second-order valence-electron chi connectivity index (χ2n) is 6.14. The third kappa shape index (κ3) is 3.28. The molecule has 0 heterocycles. The molecule has 1 amide bonds. The van der Waals surface area contributed by atoms with Crippen molar-refractivity contribution < 1.29 is 14.7 Å². The molecule has 0 aromatic heterocycles. The van der Waals surface area contributed by atoms with Crippen molar-refractivity contribution in [2.45, 2.75) is 70.8 Å². The Hall–Kier alpha value is -1.06. The van der Waals surface area contributed by atoms with E-state index in [0.717, 1.165) is 45.1 Å². The van der Waals surface area contributed by atoms with Crippen molar-refractivity contribution in [3.8, 4) is 0 Å². The molecule has 2 aliphatic rings. The monoisotopic (exact) mass is 267 g/mol. The molecular formula is C15H25NO3. The average molecular weight is 267 g/mol. The Morgan fingerprint density at radius 1 is 1.26 bits per heavy atom. The van der Waals surface area contributed by atoms with Crippen LogP contribution in [-0.2, 0) is 9.59 Å². The molecule has 0 aliphatic heterocycles. The minimum absolute atomic E-state index is 0.0697. The van der Waals surface area contributed by atoms with Crippen molar-refractivity contribution in [1.29, 1.82) is 0 Å². The maximum atomic E-state index is 12.5. The van der Waals surface area contributed by atoms with E-state index in [1.807, 2.05) is 4.90 Å². The largest absolute Gasteiger partial charge is 0.481 e. The first-order valence-electron chi connectivity index (χ1n) is 7.62. The van der Waals surface area contributed by atoms with E-state index in [2.05, 4.69) is 6.92 Å². The van der Waals surface area contributed by atoms with Crippen LogP contribution in [0.1, 0.15) is 64.7 Å². The van der Waals surface area contributed by atoms with Crippen LogP contribution < -0.4 is 0 Å². The normalized spacial score (nSPS) is 21.3. The van der Waals surface area contributed by atoms with Gasteiger partial charge in [0.2, 0.25) is 5.91 Å². The van der Waals surface area contributed by atoms with Gasteiger partial charge in [-0.1, -0.05) is 26.2 Å². The molecule has 2 fully saturated rings. The van der Waals surface area contributed by atoms with E-state index in [1.54, 1.807) is 0 Å². The Balaban J connectivity index is 1.98. The molecule has 0 bridgehead atoms. The molecule has 0 aromatic rings. The van der Waals surface area contributed by atoms with E-state index < -0.39 is 11.4 Å². The fourth-order valence-corrected chi connectivity index (χ4v) is 3.13. The first-order chi connectivity index (χ1) is 9.09. The minimum Gasteiger partial charge on any atom is -0.481 e. The van der Waals surface area contributed by atoms with E-state index >= 15 is 0 Å². The van der Waals surface area contributed by atoms with Gasteiger partial charge in [-0.2, -0.15) is 0 Å². The van der Waals surface area contributed by atoms with Crippen LogP contribution in [0, 0.1) is 5.41 Å². The molecule has 108 valence electrons. The molecule has 0 unspecified atom stereocenters. The van der Waals surface area contributed by atoms with Crippen molar-refractivity contribution in [3.05, 3.63) is 0 Å². The van der Waals surface area contributed by atoms with Gasteiger partial charge in [0.25, 0.3) is 0 Å². The molecule has 2 rings (SSSR count). The van der Waals surface area contributed by atoms with E-state index in [9.17, 15) is 14.7 Å². The summed E-state index contributed by atoms with van der Waals surface area (Å²) in [6, 6.07) is 0.395. The smallest absolute Gasteiger partial charge is 0.310 e. The number of amides is 1. The zero-order valence-electron chi connectivity index (χ0n) is 11.9. The number of carboxylic acid groups (broad SMARTS) is 1. The van der Waals surface area contributed by atoms with Gasteiger partial charge in [0.05, 0.1) is 5.41 Å². The van der Waals surface area contributed by atoms with Crippen molar-refractivity contribution in [3.63, 3.8) is 0 Å². The van der Waals surface area contributed by atoms with Crippen LogP contribution >= 0.6 is 0 Å². The molecule has 19 heavy (non-hydrogen) atoms. The molecular weight excluding hydrogens is 242 g/mol. The van der Waals surface area contributed by atoms with E-state index in [4.69, 9.17) is 0 Å². The number of nitrogens with zero attached hydrogens (tertiary/aromatic N) is 1. The maximum Gasteiger partial charge on any atom is 0.310 e. The van der Waals surface area contributed by atoms with Crippen molar-refractivity contribution >= 4 is 11.9 Å². The highest BCUT2D eigenvalue weighted by Crippen LogP contribution is 2.42. The quantitative estimate of drug-likeness (QED) is 0.771. The summed E-state index contributed by atoms with van der Waals surface area (Å²) in [4.78, 5) is 25.9. The first kappa shape index (κ1) is 14.4.